The molecule has 0 aliphatic carbocycles. The SMILES string of the molecule is CCc1c2c(nc3cc4c(cc13)OC(F)(F)O4)-c1cc3c(c(=O)n1C2)COC(=O)C3(CC)OC(=O)CN(C)C. The monoisotopic (exact) mass is 541 g/mol. The number of carbonyl (C=O) groups excluding carboxylic acids is 2. The molecule has 0 spiro atoms. The minimum absolute atomic E-state index is 0.0524. The van der Waals surface area contributed by atoms with E-state index in [2.05, 4.69) is 9.47 Å². The summed E-state index contributed by atoms with van der Waals surface area (Å²) >= 11 is 0. The Hall–Kier alpha value is -4.06. The normalized spacial score (nSPS) is 20.0. The molecule has 3 aliphatic heterocycles. The molecule has 0 fully saturated rings. The summed E-state index contributed by atoms with van der Waals surface area (Å²) in [5.74, 6) is -1.61. The first-order valence-electron chi connectivity index (χ1n) is 12.5. The van der Waals surface area contributed by atoms with Gasteiger partial charge in [-0.1, -0.05) is 13.8 Å². The Morgan fingerprint density at radius 3 is 2.51 bits per heavy atom. The van der Waals surface area contributed by atoms with E-state index in [0.717, 1.165) is 11.1 Å². The van der Waals surface area contributed by atoms with Crippen LogP contribution in [-0.2, 0) is 44.2 Å². The Morgan fingerprint density at radius 1 is 1.13 bits per heavy atom. The van der Waals surface area contributed by atoms with Gasteiger partial charge in [0.2, 0.25) is 5.60 Å². The number of pyridine rings is 2. The van der Waals surface area contributed by atoms with Gasteiger partial charge in [-0.05, 0) is 44.6 Å². The smallest absolute Gasteiger partial charge is 0.457 e. The van der Waals surface area contributed by atoms with Crippen molar-refractivity contribution in [3.63, 3.8) is 0 Å². The summed E-state index contributed by atoms with van der Waals surface area (Å²) in [6.45, 7) is 3.48. The Bertz CT molecular complexity index is 1650. The number of ether oxygens (including phenoxy) is 4. The van der Waals surface area contributed by atoms with E-state index in [9.17, 15) is 23.2 Å². The molecule has 10 nitrogen and oxygen atoms in total. The number of benzene rings is 1. The molecule has 1 unspecified atom stereocenters. The van der Waals surface area contributed by atoms with E-state index in [0.29, 0.717) is 28.7 Å². The molecular formula is C27H25F2N3O7. The van der Waals surface area contributed by atoms with Gasteiger partial charge in [0.25, 0.3) is 5.56 Å². The van der Waals surface area contributed by atoms with Gasteiger partial charge in [-0.15, -0.1) is 8.78 Å². The number of nitrogens with zero attached hydrogens (tertiary/aromatic N) is 3. The van der Waals surface area contributed by atoms with Crippen molar-refractivity contribution in [1.29, 1.82) is 0 Å². The Balaban J connectivity index is 1.55. The lowest BCUT2D eigenvalue weighted by atomic mass is 9.85. The standard InChI is InChI=1S/C27H25F2N3O7/c1-5-13-14-7-20-21(38-27(28,29)37-20)9-18(14)30-23-15(13)10-32-19(23)8-17-16(24(32)34)12-36-25(35)26(17,6-2)39-22(33)11-31(3)4/h7-9H,5-6,10-12H2,1-4H3. The van der Waals surface area contributed by atoms with Gasteiger partial charge < -0.3 is 23.5 Å². The minimum atomic E-state index is -3.77. The number of hydrogen-bond donors (Lipinski definition) is 0. The molecular weight excluding hydrogens is 516 g/mol. The topological polar surface area (TPSA) is 109 Å². The highest BCUT2D eigenvalue weighted by atomic mass is 19.3. The first-order valence-corrected chi connectivity index (χ1v) is 12.5. The van der Waals surface area contributed by atoms with Gasteiger partial charge in [0.1, 0.15) is 6.61 Å². The van der Waals surface area contributed by atoms with E-state index >= 15 is 0 Å². The zero-order valence-electron chi connectivity index (χ0n) is 21.7. The third-order valence-corrected chi connectivity index (χ3v) is 7.38. The molecule has 3 aliphatic rings. The zero-order valence-corrected chi connectivity index (χ0v) is 21.7. The quantitative estimate of drug-likeness (QED) is 0.352. The number of hydrogen-bond acceptors (Lipinski definition) is 9. The molecule has 0 amide bonds. The first-order chi connectivity index (χ1) is 18.5. The highest BCUT2D eigenvalue weighted by Gasteiger charge is 2.50. The highest BCUT2D eigenvalue weighted by molar-refractivity contribution is 5.92. The fourth-order valence-corrected chi connectivity index (χ4v) is 5.65. The largest absolute Gasteiger partial charge is 0.586 e. The number of rotatable bonds is 5. The van der Waals surface area contributed by atoms with Gasteiger partial charge in [0.15, 0.2) is 11.5 Å². The summed E-state index contributed by atoms with van der Waals surface area (Å²) in [7, 11) is 3.39. The van der Waals surface area contributed by atoms with E-state index < -0.39 is 23.8 Å². The van der Waals surface area contributed by atoms with Crippen LogP contribution >= 0.6 is 0 Å². The molecule has 6 rings (SSSR count). The predicted molar refractivity (Wildman–Crippen MR) is 133 cm³/mol. The molecule has 1 aromatic carbocycles. The van der Waals surface area contributed by atoms with Gasteiger partial charge in [0, 0.05) is 22.6 Å². The van der Waals surface area contributed by atoms with Crippen molar-refractivity contribution in [2.75, 3.05) is 20.6 Å². The number of cyclic esters (lactones) is 1. The van der Waals surface area contributed by atoms with E-state index in [4.69, 9.17) is 14.5 Å². The van der Waals surface area contributed by atoms with Crippen molar-refractivity contribution in [3.05, 3.63) is 50.8 Å². The fourth-order valence-electron chi connectivity index (χ4n) is 5.65. The van der Waals surface area contributed by atoms with Gasteiger partial charge in [-0.3, -0.25) is 14.5 Å². The Labute approximate surface area is 221 Å². The second-order valence-electron chi connectivity index (χ2n) is 10.0. The van der Waals surface area contributed by atoms with E-state index in [1.54, 1.807) is 36.6 Å². The predicted octanol–water partition coefficient (Wildman–Crippen LogP) is 3.08. The van der Waals surface area contributed by atoms with Crippen LogP contribution in [0.3, 0.4) is 0 Å². The van der Waals surface area contributed by atoms with Crippen molar-refractivity contribution in [2.45, 2.75) is 51.7 Å². The summed E-state index contributed by atoms with van der Waals surface area (Å²) in [5, 5.41) is 0.612. The van der Waals surface area contributed by atoms with Crippen molar-refractivity contribution in [2.24, 2.45) is 0 Å². The lowest BCUT2D eigenvalue weighted by Gasteiger charge is -2.35. The third-order valence-electron chi connectivity index (χ3n) is 7.38. The number of carbonyl (C=O) groups is 2. The van der Waals surface area contributed by atoms with Gasteiger partial charge in [-0.25, -0.2) is 9.78 Å². The van der Waals surface area contributed by atoms with Crippen LogP contribution in [-0.4, -0.2) is 53.3 Å². The zero-order chi connectivity index (χ0) is 27.9. The average molecular weight is 542 g/mol. The molecule has 204 valence electrons. The van der Waals surface area contributed by atoms with Crippen LogP contribution in [0.1, 0.15) is 42.5 Å². The lowest BCUT2D eigenvalue weighted by molar-refractivity contribution is -0.286. The first kappa shape index (κ1) is 25.2. The van der Waals surface area contributed by atoms with Crippen LogP contribution < -0.4 is 15.0 Å². The lowest BCUT2D eigenvalue weighted by Crippen LogP contribution is -2.48. The molecule has 0 saturated heterocycles. The molecule has 1 atom stereocenters. The number of aryl methyl sites for hydroxylation is 1. The van der Waals surface area contributed by atoms with E-state index in [1.165, 1.54) is 12.1 Å². The maximum absolute atomic E-state index is 13.7. The maximum Gasteiger partial charge on any atom is 0.586 e. The number of halogens is 2. The number of fused-ring (bicyclic) bond motifs is 6. The molecule has 0 saturated carbocycles. The van der Waals surface area contributed by atoms with Gasteiger partial charge in [-0.2, -0.15) is 0 Å². The Morgan fingerprint density at radius 2 is 1.85 bits per heavy atom. The van der Waals surface area contributed by atoms with Gasteiger partial charge in [0.05, 0.1) is 35.6 Å². The van der Waals surface area contributed by atoms with Crippen molar-refractivity contribution < 1.29 is 37.3 Å². The summed E-state index contributed by atoms with van der Waals surface area (Å²) < 4.78 is 49.4. The fraction of sp³-hybridized carbons (Fsp3) is 0.407. The Kier molecular flexibility index (Phi) is 5.48. The second-order valence-corrected chi connectivity index (χ2v) is 10.0. The van der Waals surface area contributed by atoms with Crippen molar-refractivity contribution in [1.82, 2.24) is 14.5 Å². The number of esters is 2. The average Bonchev–Trinajstić information content (AvgIpc) is 3.38. The van der Waals surface area contributed by atoms with Crippen LogP contribution in [0.4, 0.5) is 8.78 Å². The van der Waals surface area contributed by atoms with Crippen LogP contribution in [0.2, 0.25) is 0 Å². The molecule has 3 aromatic rings. The molecule has 0 N–H and O–H groups in total. The molecule has 0 bridgehead atoms. The summed E-state index contributed by atoms with van der Waals surface area (Å²) in [6.07, 6.45) is -3.19. The van der Waals surface area contributed by atoms with Crippen molar-refractivity contribution in [3.8, 4) is 22.9 Å². The molecule has 5 heterocycles. The van der Waals surface area contributed by atoms with Crippen LogP contribution in [0.5, 0.6) is 11.5 Å². The summed E-state index contributed by atoms with van der Waals surface area (Å²) in [5.41, 5.74) is 1.22. The molecule has 2 aromatic heterocycles. The van der Waals surface area contributed by atoms with Crippen molar-refractivity contribution >= 4 is 22.8 Å². The maximum atomic E-state index is 13.7. The van der Waals surface area contributed by atoms with Gasteiger partial charge >= 0.3 is 18.2 Å². The number of aromatic nitrogens is 2. The third kappa shape index (κ3) is 3.68. The molecule has 39 heavy (non-hydrogen) atoms. The highest BCUT2D eigenvalue weighted by Crippen LogP contribution is 2.46. The molecule has 12 heteroatoms. The summed E-state index contributed by atoms with van der Waals surface area (Å²) in [6, 6.07) is 4.53. The van der Waals surface area contributed by atoms with E-state index in [1.807, 2.05) is 6.92 Å². The van der Waals surface area contributed by atoms with Crippen LogP contribution in [0.25, 0.3) is 22.3 Å². The second kappa shape index (κ2) is 8.47. The molecule has 0 radical (unpaired) electrons. The van der Waals surface area contributed by atoms with Crippen LogP contribution in [0.15, 0.2) is 23.0 Å². The number of alkyl halides is 2. The minimum Gasteiger partial charge on any atom is -0.457 e. The summed E-state index contributed by atoms with van der Waals surface area (Å²) in [4.78, 5) is 45.9. The van der Waals surface area contributed by atoms with E-state index in [-0.39, 0.29) is 54.3 Å². The number of likely N-dealkylation sites (N-methyl/N-ethyl adjacent to an activating group) is 1. The van der Waals surface area contributed by atoms with Crippen LogP contribution in [0, 0.1) is 0 Å².